The number of carbonyl (C=O) groups excluding carboxylic acids is 2. The lowest BCUT2D eigenvalue weighted by Crippen LogP contribution is -2.46. The third-order valence-corrected chi connectivity index (χ3v) is 6.23. The van der Waals surface area contributed by atoms with E-state index in [1.807, 2.05) is 11.8 Å². The molecule has 7 heteroatoms. The zero-order chi connectivity index (χ0) is 17.8. The number of aromatic nitrogens is 1. The summed E-state index contributed by atoms with van der Waals surface area (Å²) < 4.78 is 5.47. The quantitative estimate of drug-likeness (QED) is 0.864. The molecule has 1 aromatic rings. The number of nitrogens with zero attached hydrogens (tertiary/aromatic N) is 2. The van der Waals surface area contributed by atoms with Gasteiger partial charge < -0.3 is 15.0 Å². The van der Waals surface area contributed by atoms with Crippen LogP contribution < -0.4 is 5.32 Å². The summed E-state index contributed by atoms with van der Waals surface area (Å²) in [5, 5.41) is 4.10. The van der Waals surface area contributed by atoms with Gasteiger partial charge in [0.1, 0.15) is 6.10 Å². The molecule has 2 fully saturated rings. The Morgan fingerprint density at radius 1 is 1.28 bits per heavy atom. The first-order valence-electron chi connectivity index (χ1n) is 9.15. The Kier molecular flexibility index (Phi) is 6.06. The van der Waals surface area contributed by atoms with Crippen LogP contribution in [0.1, 0.15) is 41.3 Å². The maximum absolute atomic E-state index is 12.3. The Hall–Kier alpha value is -1.47. The predicted molar refractivity (Wildman–Crippen MR) is 96.6 cm³/mol. The van der Waals surface area contributed by atoms with Crippen LogP contribution in [0.4, 0.5) is 0 Å². The van der Waals surface area contributed by atoms with E-state index in [1.165, 1.54) is 4.88 Å². The van der Waals surface area contributed by atoms with E-state index in [1.54, 1.807) is 11.3 Å². The third-order valence-electron chi connectivity index (χ3n) is 5.09. The molecule has 6 nitrogen and oxygen atoms in total. The molecule has 0 radical (unpaired) electrons. The van der Waals surface area contributed by atoms with E-state index in [-0.39, 0.29) is 23.8 Å². The molecular formula is C18H27N3O3S. The summed E-state index contributed by atoms with van der Waals surface area (Å²) in [6.45, 7) is 6.71. The maximum Gasteiger partial charge on any atom is 0.251 e. The number of piperidine rings is 1. The van der Waals surface area contributed by atoms with Gasteiger partial charge in [-0.3, -0.25) is 9.59 Å². The van der Waals surface area contributed by atoms with Crippen LogP contribution in [0.3, 0.4) is 0 Å². The number of hydrogen-bond acceptors (Lipinski definition) is 5. The molecule has 0 aliphatic carbocycles. The monoisotopic (exact) mass is 365 g/mol. The Morgan fingerprint density at radius 2 is 2.04 bits per heavy atom. The molecule has 25 heavy (non-hydrogen) atoms. The lowest BCUT2D eigenvalue weighted by molar-refractivity contribution is -0.143. The SMILES string of the molecule is Cc1nc(CCNC(=O)C2CCN(C(=O)[C@@H]3CCCO3)CC2)sc1C. The van der Waals surface area contributed by atoms with E-state index in [4.69, 9.17) is 4.74 Å². The second-order valence-corrected chi connectivity index (χ2v) is 8.18. The van der Waals surface area contributed by atoms with Crippen LogP contribution in [0.25, 0.3) is 0 Å². The van der Waals surface area contributed by atoms with Crippen LogP contribution in [-0.2, 0) is 20.7 Å². The fraction of sp³-hybridized carbons (Fsp3) is 0.722. The normalized spacial score (nSPS) is 21.5. The number of carbonyl (C=O) groups is 2. The molecule has 2 aliphatic rings. The minimum Gasteiger partial charge on any atom is -0.368 e. The van der Waals surface area contributed by atoms with Crippen molar-refractivity contribution in [3.8, 4) is 0 Å². The molecule has 1 N–H and O–H groups in total. The van der Waals surface area contributed by atoms with Crippen LogP contribution in [0.2, 0.25) is 0 Å². The minimum atomic E-state index is -0.254. The van der Waals surface area contributed by atoms with Gasteiger partial charge in [-0.25, -0.2) is 4.98 Å². The summed E-state index contributed by atoms with van der Waals surface area (Å²) in [4.78, 5) is 32.3. The molecule has 2 saturated heterocycles. The van der Waals surface area contributed by atoms with Crippen LogP contribution in [0.5, 0.6) is 0 Å². The lowest BCUT2D eigenvalue weighted by atomic mass is 9.95. The van der Waals surface area contributed by atoms with E-state index in [9.17, 15) is 9.59 Å². The molecule has 2 amide bonds. The van der Waals surface area contributed by atoms with Crippen LogP contribution in [0, 0.1) is 19.8 Å². The van der Waals surface area contributed by atoms with E-state index in [0.717, 1.165) is 42.8 Å². The van der Waals surface area contributed by atoms with Crippen molar-refractivity contribution in [2.24, 2.45) is 5.92 Å². The summed E-state index contributed by atoms with van der Waals surface area (Å²) in [5.41, 5.74) is 1.08. The molecular weight excluding hydrogens is 338 g/mol. The van der Waals surface area contributed by atoms with Crippen molar-refractivity contribution >= 4 is 23.2 Å². The third kappa shape index (κ3) is 4.58. The predicted octanol–water partition coefficient (Wildman–Crippen LogP) is 1.84. The van der Waals surface area contributed by atoms with Gasteiger partial charge in [0.2, 0.25) is 5.91 Å². The highest BCUT2D eigenvalue weighted by Gasteiger charge is 2.32. The molecule has 1 aromatic heterocycles. The largest absolute Gasteiger partial charge is 0.368 e. The smallest absolute Gasteiger partial charge is 0.251 e. The first-order chi connectivity index (χ1) is 12.0. The van der Waals surface area contributed by atoms with Crippen molar-refractivity contribution in [3.05, 3.63) is 15.6 Å². The average Bonchev–Trinajstić information content (AvgIpc) is 3.25. The zero-order valence-electron chi connectivity index (χ0n) is 15.0. The van der Waals surface area contributed by atoms with Gasteiger partial charge in [0.25, 0.3) is 5.91 Å². The zero-order valence-corrected chi connectivity index (χ0v) is 15.9. The highest BCUT2D eigenvalue weighted by molar-refractivity contribution is 7.11. The second-order valence-electron chi connectivity index (χ2n) is 6.89. The van der Waals surface area contributed by atoms with Gasteiger partial charge in [0.05, 0.1) is 10.7 Å². The number of likely N-dealkylation sites (tertiary alicyclic amines) is 1. The molecule has 3 rings (SSSR count). The summed E-state index contributed by atoms with van der Waals surface area (Å²) in [6.07, 6.45) is 3.79. The number of hydrogen-bond donors (Lipinski definition) is 1. The molecule has 0 bridgehead atoms. The molecule has 0 aromatic carbocycles. The average molecular weight is 365 g/mol. The Balaban J connectivity index is 1.38. The van der Waals surface area contributed by atoms with E-state index in [2.05, 4.69) is 17.2 Å². The first-order valence-corrected chi connectivity index (χ1v) is 9.97. The lowest BCUT2D eigenvalue weighted by Gasteiger charge is -2.32. The summed E-state index contributed by atoms with van der Waals surface area (Å²) in [6, 6.07) is 0. The van der Waals surface area contributed by atoms with E-state index < -0.39 is 0 Å². The van der Waals surface area contributed by atoms with Crippen LogP contribution in [0.15, 0.2) is 0 Å². The fourth-order valence-electron chi connectivity index (χ4n) is 3.42. The van der Waals surface area contributed by atoms with Gasteiger partial charge in [-0.05, 0) is 39.5 Å². The summed E-state index contributed by atoms with van der Waals surface area (Å²) >= 11 is 1.70. The highest BCUT2D eigenvalue weighted by atomic mass is 32.1. The van der Waals surface area contributed by atoms with Crippen molar-refractivity contribution in [1.29, 1.82) is 0 Å². The van der Waals surface area contributed by atoms with E-state index in [0.29, 0.717) is 26.2 Å². The van der Waals surface area contributed by atoms with Crippen LogP contribution >= 0.6 is 11.3 Å². The number of ether oxygens (including phenoxy) is 1. The first kappa shape index (κ1) is 18.3. The molecule has 0 saturated carbocycles. The van der Waals surface area contributed by atoms with Gasteiger partial charge in [-0.15, -0.1) is 11.3 Å². The highest BCUT2D eigenvalue weighted by Crippen LogP contribution is 2.21. The van der Waals surface area contributed by atoms with Crippen molar-refractivity contribution in [3.63, 3.8) is 0 Å². The van der Waals surface area contributed by atoms with Crippen molar-refractivity contribution in [1.82, 2.24) is 15.2 Å². The van der Waals surface area contributed by atoms with Crippen molar-refractivity contribution in [2.45, 2.75) is 52.1 Å². The Bertz CT molecular complexity index is 598. The molecule has 0 spiro atoms. The summed E-state index contributed by atoms with van der Waals surface area (Å²) in [7, 11) is 0. The molecule has 3 heterocycles. The Morgan fingerprint density at radius 3 is 2.64 bits per heavy atom. The van der Waals surface area contributed by atoms with Gasteiger partial charge >= 0.3 is 0 Å². The van der Waals surface area contributed by atoms with E-state index >= 15 is 0 Å². The minimum absolute atomic E-state index is 0.00770. The number of aryl methyl sites for hydroxylation is 2. The topological polar surface area (TPSA) is 71.5 Å². The van der Waals surface area contributed by atoms with Gasteiger partial charge in [0.15, 0.2) is 0 Å². The number of amides is 2. The number of thiazole rings is 1. The maximum atomic E-state index is 12.3. The molecule has 0 unspecified atom stereocenters. The number of nitrogens with one attached hydrogen (secondary N) is 1. The van der Waals surface area contributed by atoms with Gasteiger partial charge in [0, 0.05) is 43.5 Å². The molecule has 1 atom stereocenters. The molecule has 2 aliphatic heterocycles. The van der Waals surface area contributed by atoms with Crippen molar-refractivity contribution in [2.75, 3.05) is 26.2 Å². The Labute approximate surface area is 153 Å². The van der Waals surface area contributed by atoms with Crippen molar-refractivity contribution < 1.29 is 14.3 Å². The standard InChI is InChI=1S/C18H27N3O3S/c1-12-13(2)25-16(20-12)5-8-19-17(22)14-6-9-21(10-7-14)18(23)15-4-3-11-24-15/h14-15H,3-11H2,1-2H3,(H,19,22)/t15-/m0/s1. The summed E-state index contributed by atoms with van der Waals surface area (Å²) in [5.74, 6) is 0.216. The fourth-order valence-corrected chi connectivity index (χ4v) is 4.35. The van der Waals surface area contributed by atoms with Gasteiger partial charge in [-0.1, -0.05) is 0 Å². The number of rotatable bonds is 5. The van der Waals surface area contributed by atoms with Gasteiger partial charge in [-0.2, -0.15) is 0 Å². The molecule has 138 valence electrons. The van der Waals surface area contributed by atoms with Crippen LogP contribution in [-0.4, -0.2) is 54.0 Å². The second kappa shape index (κ2) is 8.27.